The highest BCUT2D eigenvalue weighted by Crippen LogP contribution is 2.20. The van der Waals surface area contributed by atoms with Crippen molar-refractivity contribution in [3.05, 3.63) is 45.7 Å². The Balaban J connectivity index is 2.14. The summed E-state index contributed by atoms with van der Waals surface area (Å²) in [4.78, 5) is 2.08. The fourth-order valence-electron chi connectivity index (χ4n) is 1.26. The summed E-state index contributed by atoms with van der Waals surface area (Å²) < 4.78 is 24.4. The quantitative estimate of drug-likeness (QED) is 0.649. The van der Waals surface area contributed by atoms with Crippen molar-refractivity contribution in [1.29, 1.82) is 0 Å². The van der Waals surface area contributed by atoms with E-state index in [2.05, 4.69) is 25.9 Å². The van der Waals surface area contributed by atoms with Crippen LogP contribution < -0.4 is 4.83 Å². The maximum Gasteiger partial charge on any atom is 0.286 e. The van der Waals surface area contributed by atoms with Gasteiger partial charge in [0.1, 0.15) is 9.96 Å². The number of hydrazone groups is 1. The highest BCUT2D eigenvalue weighted by molar-refractivity contribution is 9.10. The molecule has 5 nitrogen and oxygen atoms in total. The average molecular weight is 361 g/mol. The summed E-state index contributed by atoms with van der Waals surface area (Å²) in [6.45, 7) is 0. The lowest BCUT2D eigenvalue weighted by Gasteiger charge is -2.01. The number of aromatic hydroxyl groups is 1. The number of nitrogens with one attached hydrogen (secondary N) is 1. The van der Waals surface area contributed by atoms with Crippen molar-refractivity contribution >= 4 is 43.5 Å². The number of thiophene rings is 1. The molecule has 0 radical (unpaired) electrons. The minimum Gasteiger partial charge on any atom is -0.507 e. The second-order valence-corrected chi connectivity index (χ2v) is 7.24. The van der Waals surface area contributed by atoms with Gasteiger partial charge in [-0.05, 0) is 29.6 Å². The van der Waals surface area contributed by atoms with Crippen molar-refractivity contribution < 1.29 is 13.5 Å². The molecule has 0 spiro atoms. The molecule has 0 aliphatic heterocycles. The first-order chi connectivity index (χ1) is 8.99. The molecule has 0 saturated carbocycles. The first kappa shape index (κ1) is 14.0. The van der Waals surface area contributed by atoms with Gasteiger partial charge >= 0.3 is 0 Å². The van der Waals surface area contributed by atoms with Crippen LogP contribution in [0, 0.1) is 0 Å². The van der Waals surface area contributed by atoms with Crippen molar-refractivity contribution in [2.45, 2.75) is 4.21 Å². The first-order valence-corrected chi connectivity index (χ1v) is 8.21. The van der Waals surface area contributed by atoms with E-state index in [1.165, 1.54) is 18.3 Å². The summed E-state index contributed by atoms with van der Waals surface area (Å²) in [5.74, 6) is 0.0160. The van der Waals surface area contributed by atoms with Gasteiger partial charge in [-0.2, -0.15) is 18.4 Å². The van der Waals surface area contributed by atoms with Gasteiger partial charge in [0.15, 0.2) is 0 Å². The highest BCUT2D eigenvalue weighted by atomic mass is 79.9. The number of phenols is 1. The zero-order valence-electron chi connectivity index (χ0n) is 9.45. The van der Waals surface area contributed by atoms with Gasteiger partial charge in [-0.3, -0.25) is 0 Å². The molecule has 0 saturated heterocycles. The van der Waals surface area contributed by atoms with Crippen LogP contribution in [0.1, 0.15) is 5.56 Å². The predicted octanol–water partition coefficient (Wildman–Crippen LogP) is 2.53. The third kappa shape index (κ3) is 3.55. The minimum atomic E-state index is -3.63. The van der Waals surface area contributed by atoms with Crippen molar-refractivity contribution in [2.75, 3.05) is 0 Å². The topological polar surface area (TPSA) is 78.8 Å². The summed E-state index contributed by atoms with van der Waals surface area (Å²) in [7, 11) is -3.63. The van der Waals surface area contributed by atoms with Crippen molar-refractivity contribution in [3.8, 4) is 5.75 Å². The molecule has 1 heterocycles. The van der Waals surface area contributed by atoms with Gasteiger partial charge in [0.2, 0.25) is 0 Å². The zero-order valence-corrected chi connectivity index (χ0v) is 12.7. The van der Waals surface area contributed by atoms with E-state index in [-0.39, 0.29) is 9.96 Å². The Bertz CT molecular complexity index is 697. The molecule has 2 aromatic rings. The van der Waals surface area contributed by atoms with Gasteiger partial charge < -0.3 is 5.11 Å². The molecule has 1 aromatic carbocycles. The van der Waals surface area contributed by atoms with E-state index in [0.717, 1.165) is 15.8 Å². The van der Waals surface area contributed by atoms with E-state index in [0.29, 0.717) is 5.56 Å². The van der Waals surface area contributed by atoms with Crippen LogP contribution in [0.3, 0.4) is 0 Å². The van der Waals surface area contributed by atoms with E-state index >= 15 is 0 Å². The lowest BCUT2D eigenvalue weighted by molar-refractivity contribution is 0.474. The number of sulfonamides is 1. The first-order valence-electron chi connectivity index (χ1n) is 5.06. The summed E-state index contributed by atoms with van der Waals surface area (Å²) in [5.41, 5.74) is 0.406. The maximum atomic E-state index is 11.7. The molecule has 100 valence electrons. The van der Waals surface area contributed by atoms with Gasteiger partial charge in [0.05, 0.1) is 6.21 Å². The molecule has 0 aliphatic rings. The molecule has 0 unspecified atom stereocenters. The molecule has 2 N–H and O–H groups in total. The van der Waals surface area contributed by atoms with Crippen molar-refractivity contribution in [2.24, 2.45) is 5.10 Å². The van der Waals surface area contributed by atoms with Crippen LogP contribution in [0.5, 0.6) is 5.75 Å². The normalized spacial score (nSPS) is 11.8. The molecule has 0 amide bonds. The zero-order chi connectivity index (χ0) is 13.9. The van der Waals surface area contributed by atoms with Gasteiger partial charge in [0, 0.05) is 10.0 Å². The van der Waals surface area contributed by atoms with Crippen LogP contribution in [0.2, 0.25) is 0 Å². The van der Waals surface area contributed by atoms with E-state index < -0.39 is 10.0 Å². The van der Waals surface area contributed by atoms with Crippen LogP contribution >= 0.6 is 27.3 Å². The van der Waals surface area contributed by atoms with Crippen LogP contribution in [0.4, 0.5) is 0 Å². The van der Waals surface area contributed by atoms with Crippen LogP contribution in [0.25, 0.3) is 0 Å². The molecule has 19 heavy (non-hydrogen) atoms. The summed E-state index contributed by atoms with van der Waals surface area (Å²) >= 11 is 4.35. The Morgan fingerprint density at radius 1 is 1.37 bits per heavy atom. The van der Waals surface area contributed by atoms with Crippen LogP contribution in [0.15, 0.2) is 49.5 Å². The Kier molecular flexibility index (Phi) is 4.23. The predicted molar refractivity (Wildman–Crippen MR) is 78.0 cm³/mol. The van der Waals surface area contributed by atoms with Crippen molar-refractivity contribution in [1.82, 2.24) is 4.83 Å². The number of halogens is 1. The summed E-state index contributed by atoms with van der Waals surface area (Å²) in [6, 6.07) is 7.90. The molecule has 0 atom stereocenters. The van der Waals surface area contributed by atoms with E-state index in [1.54, 1.807) is 23.6 Å². The minimum absolute atomic E-state index is 0.0160. The fourth-order valence-corrected chi connectivity index (χ4v) is 3.41. The third-order valence-corrected chi connectivity index (χ3v) is 5.24. The third-order valence-electron chi connectivity index (χ3n) is 2.13. The largest absolute Gasteiger partial charge is 0.507 e. The molecule has 0 bridgehead atoms. The molecule has 2 rings (SSSR count). The summed E-state index contributed by atoms with van der Waals surface area (Å²) in [6.07, 6.45) is 1.24. The van der Waals surface area contributed by atoms with Crippen LogP contribution in [-0.2, 0) is 10.0 Å². The summed E-state index contributed by atoms with van der Waals surface area (Å²) in [5, 5.41) is 14.9. The van der Waals surface area contributed by atoms with Gasteiger partial charge in [-0.25, -0.2) is 0 Å². The molecule has 1 aromatic heterocycles. The van der Waals surface area contributed by atoms with Gasteiger partial charge in [-0.1, -0.05) is 22.0 Å². The number of phenolic OH excluding ortho intramolecular Hbond substituents is 1. The Morgan fingerprint density at radius 2 is 2.16 bits per heavy atom. The monoisotopic (exact) mass is 360 g/mol. The Hall–Kier alpha value is -1.38. The van der Waals surface area contributed by atoms with Gasteiger partial charge in [-0.15, -0.1) is 11.3 Å². The molecule has 0 fully saturated rings. The molecular weight excluding hydrogens is 352 g/mol. The lowest BCUT2D eigenvalue weighted by Crippen LogP contribution is -2.17. The lowest BCUT2D eigenvalue weighted by atomic mass is 10.2. The second kappa shape index (κ2) is 5.72. The number of hydrogen-bond acceptors (Lipinski definition) is 5. The van der Waals surface area contributed by atoms with E-state index in [4.69, 9.17) is 0 Å². The standard InChI is InChI=1S/C11H9BrN2O3S2/c12-9-3-4-10(15)8(6-9)7-13-14-19(16,17)11-2-1-5-18-11/h1-7,14-15H/b13-7+. The van der Waals surface area contributed by atoms with Crippen molar-refractivity contribution in [3.63, 3.8) is 0 Å². The second-order valence-electron chi connectivity index (χ2n) is 3.49. The number of hydrogen-bond donors (Lipinski definition) is 2. The SMILES string of the molecule is O=S(=O)(N/N=C/c1cc(Br)ccc1O)c1cccs1. The maximum absolute atomic E-state index is 11.7. The Morgan fingerprint density at radius 3 is 2.84 bits per heavy atom. The van der Waals surface area contributed by atoms with Gasteiger partial charge in [0.25, 0.3) is 10.0 Å². The van der Waals surface area contributed by atoms with E-state index in [9.17, 15) is 13.5 Å². The highest BCUT2D eigenvalue weighted by Gasteiger charge is 2.13. The fraction of sp³-hybridized carbons (Fsp3) is 0. The number of nitrogens with zero attached hydrogens (tertiary/aromatic N) is 1. The smallest absolute Gasteiger partial charge is 0.286 e. The average Bonchev–Trinajstić information content (AvgIpc) is 2.88. The molecular formula is C11H9BrN2O3S2. The number of rotatable bonds is 4. The molecule has 8 heteroatoms. The molecule has 0 aliphatic carbocycles. The Labute approximate surface area is 122 Å². The number of benzene rings is 1. The van der Waals surface area contributed by atoms with Crippen LogP contribution in [-0.4, -0.2) is 19.7 Å². The van der Waals surface area contributed by atoms with E-state index in [1.807, 2.05) is 0 Å².